The number of aromatic nitrogens is 3. The van der Waals surface area contributed by atoms with Crippen LogP contribution in [-0.4, -0.2) is 25.6 Å². The Labute approximate surface area is 98.8 Å². The summed E-state index contributed by atoms with van der Waals surface area (Å²) < 4.78 is 1.70. The number of carboxylic acids is 1. The highest BCUT2D eigenvalue weighted by Gasteiger charge is 2.17. The summed E-state index contributed by atoms with van der Waals surface area (Å²) in [4.78, 5) is 19.6. The highest BCUT2D eigenvalue weighted by Crippen LogP contribution is 2.18. The van der Waals surface area contributed by atoms with Gasteiger partial charge in [-0.2, -0.15) is 0 Å². The van der Waals surface area contributed by atoms with E-state index in [0.29, 0.717) is 11.4 Å². The van der Waals surface area contributed by atoms with Crippen molar-refractivity contribution >= 4 is 5.97 Å². The second-order valence-electron chi connectivity index (χ2n) is 3.92. The second-order valence-corrected chi connectivity index (χ2v) is 3.92. The van der Waals surface area contributed by atoms with E-state index < -0.39 is 5.97 Å². The van der Waals surface area contributed by atoms with E-state index in [1.165, 1.54) is 0 Å². The van der Waals surface area contributed by atoms with Crippen molar-refractivity contribution in [3.8, 4) is 5.82 Å². The lowest BCUT2D eigenvalue weighted by Crippen LogP contribution is -2.10. The number of carboxylic acid groups (broad SMARTS) is 1. The van der Waals surface area contributed by atoms with E-state index in [-0.39, 0.29) is 5.56 Å². The first kappa shape index (κ1) is 11.3. The lowest BCUT2D eigenvalue weighted by molar-refractivity contribution is 0.0695. The molecule has 2 aromatic rings. The monoisotopic (exact) mass is 231 g/mol. The molecule has 0 aliphatic heterocycles. The molecular weight excluding hydrogens is 218 g/mol. The summed E-state index contributed by atoms with van der Waals surface area (Å²) in [6.07, 6.45) is 3.20. The van der Waals surface area contributed by atoms with Crippen molar-refractivity contribution in [3.05, 3.63) is 41.1 Å². The van der Waals surface area contributed by atoms with Crippen LogP contribution in [0.1, 0.15) is 27.3 Å². The smallest absolute Gasteiger partial charge is 0.339 e. The summed E-state index contributed by atoms with van der Waals surface area (Å²) in [6, 6.07) is 1.69. The van der Waals surface area contributed by atoms with Gasteiger partial charge in [0.1, 0.15) is 11.9 Å². The Kier molecular flexibility index (Phi) is 2.67. The largest absolute Gasteiger partial charge is 0.478 e. The van der Waals surface area contributed by atoms with E-state index in [1.807, 2.05) is 13.8 Å². The van der Waals surface area contributed by atoms with Gasteiger partial charge in [-0.1, -0.05) is 0 Å². The summed E-state index contributed by atoms with van der Waals surface area (Å²) in [5.41, 5.74) is 2.66. The third-order valence-electron chi connectivity index (χ3n) is 2.83. The summed E-state index contributed by atoms with van der Waals surface area (Å²) >= 11 is 0. The quantitative estimate of drug-likeness (QED) is 0.857. The molecule has 5 nitrogen and oxygen atoms in total. The molecule has 2 heterocycles. The molecule has 88 valence electrons. The van der Waals surface area contributed by atoms with Crippen LogP contribution in [0.4, 0.5) is 0 Å². The number of aryl methyl sites for hydroxylation is 2. The molecule has 1 N–H and O–H groups in total. The molecule has 0 fully saturated rings. The lowest BCUT2D eigenvalue weighted by atomic mass is 10.1. The van der Waals surface area contributed by atoms with E-state index in [9.17, 15) is 9.90 Å². The van der Waals surface area contributed by atoms with Crippen molar-refractivity contribution in [3.63, 3.8) is 0 Å². The molecule has 0 saturated heterocycles. The fourth-order valence-electron chi connectivity index (χ4n) is 1.70. The number of pyridine rings is 1. The molecule has 0 aliphatic carbocycles. The third-order valence-corrected chi connectivity index (χ3v) is 2.83. The maximum absolute atomic E-state index is 11.3. The molecule has 0 saturated carbocycles. The number of carbonyl (C=O) groups is 1. The van der Waals surface area contributed by atoms with Crippen molar-refractivity contribution in [2.45, 2.75) is 20.8 Å². The van der Waals surface area contributed by atoms with E-state index in [1.54, 1.807) is 30.1 Å². The maximum Gasteiger partial charge on any atom is 0.339 e. The SMILES string of the molecule is Cc1ccnc(-n2cnc(C)c2C)c1C(=O)O. The number of nitrogens with zero attached hydrogens (tertiary/aromatic N) is 3. The summed E-state index contributed by atoms with van der Waals surface area (Å²) in [7, 11) is 0. The van der Waals surface area contributed by atoms with Crippen LogP contribution in [0.3, 0.4) is 0 Å². The number of aromatic carboxylic acids is 1. The van der Waals surface area contributed by atoms with Gasteiger partial charge in [-0.25, -0.2) is 14.8 Å². The lowest BCUT2D eigenvalue weighted by Gasteiger charge is -2.09. The summed E-state index contributed by atoms with van der Waals surface area (Å²) in [5, 5.41) is 9.23. The molecule has 17 heavy (non-hydrogen) atoms. The number of hydrogen-bond acceptors (Lipinski definition) is 3. The van der Waals surface area contributed by atoms with E-state index >= 15 is 0 Å². The first-order chi connectivity index (χ1) is 8.02. The zero-order valence-corrected chi connectivity index (χ0v) is 9.93. The van der Waals surface area contributed by atoms with Gasteiger partial charge >= 0.3 is 5.97 Å². The highest BCUT2D eigenvalue weighted by atomic mass is 16.4. The molecular formula is C12H13N3O2. The number of rotatable bonds is 2. The molecule has 5 heteroatoms. The van der Waals surface area contributed by atoms with Crippen LogP contribution in [-0.2, 0) is 0 Å². The maximum atomic E-state index is 11.3. The molecule has 2 aromatic heterocycles. The zero-order chi connectivity index (χ0) is 12.6. The first-order valence-electron chi connectivity index (χ1n) is 5.22. The summed E-state index contributed by atoms with van der Waals surface area (Å²) in [5.74, 6) is -0.563. The number of imidazole rings is 1. The van der Waals surface area contributed by atoms with Gasteiger partial charge < -0.3 is 5.11 Å². The molecule has 2 rings (SSSR count). The van der Waals surface area contributed by atoms with Crippen molar-refractivity contribution in [1.82, 2.24) is 14.5 Å². The van der Waals surface area contributed by atoms with Crippen LogP contribution in [0, 0.1) is 20.8 Å². The van der Waals surface area contributed by atoms with Crippen LogP contribution in [0.15, 0.2) is 18.6 Å². The minimum atomic E-state index is -0.976. The van der Waals surface area contributed by atoms with Gasteiger partial charge in [0.2, 0.25) is 0 Å². The topological polar surface area (TPSA) is 68.0 Å². The van der Waals surface area contributed by atoms with Gasteiger partial charge in [0.15, 0.2) is 5.82 Å². The van der Waals surface area contributed by atoms with Gasteiger partial charge in [0.25, 0.3) is 0 Å². The fraction of sp³-hybridized carbons (Fsp3) is 0.250. The van der Waals surface area contributed by atoms with E-state index in [2.05, 4.69) is 9.97 Å². The van der Waals surface area contributed by atoms with Crippen LogP contribution in [0.2, 0.25) is 0 Å². The third kappa shape index (κ3) is 1.80. The Morgan fingerprint density at radius 2 is 2.00 bits per heavy atom. The average Bonchev–Trinajstić information content (AvgIpc) is 2.59. The predicted molar refractivity (Wildman–Crippen MR) is 62.5 cm³/mol. The highest BCUT2D eigenvalue weighted by molar-refractivity contribution is 5.92. The predicted octanol–water partition coefficient (Wildman–Crippen LogP) is 1.89. The minimum absolute atomic E-state index is 0.216. The molecule has 0 aliphatic rings. The minimum Gasteiger partial charge on any atom is -0.478 e. The van der Waals surface area contributed by atoms with E-state index in [4.69, 9.17) is 0 Å². The standard InChI is InChI=1S/C12H13N3O2/c1-7-4-5-13-11(10(7)12(16)17)15-6-14-8(2)9(15)3/h4-6H,1-3H3,(H,16,17). The number of hydrogen-bond donors (Lipinski definition) is 1. The van der Waals surface area contributed by atoms with Gasteiger partial charge in [-0.05, 0) is 32.4 Å². The van der Waals surface area contributed by atoms with Gasteiger partial charge in [-0.3, -0.25) is 4.57 Å². The van der Waals surface area contributed by atoms with Gasteiger partial charge in [0.05, 0.1) is 5.69 Å². The second kappa shape index (κ2) is 4.01. The van der Waals surface area contributed by atoms with Crippen molar-refractivity contribution in [1.29, 1.82) is 0 Å². The summed E-state index contributed by atoms with van der Waals surface area (Å²) in [6.45, 7) is 5.52. The molecule has 0 radical (unpaired) electrons. The van der Waals surface area contributed by atoms with Gasteiger partial charge in [0, 0.05) is 11.9 Å². The van der Waals surface area contributed by atoms with Crippen molar-refractivity contribution in [2.24, 2.45) is 0 Å². The molecule has 0 unspecified atom stereocenters. The van der Waals surface area contributed by atoms with Crippen LogP contribution in [0.5, 0.6) is 0 Å². The van der Waals surface area contributed by atoms with E-state index in [0.717, 1.165) is 11.4 Å². The Balaban J connectivity index is 2.72. The van der Waals surface area contributed by atoms with Crippen molar-refractivity contribution < 1.29 is 9.90 Å². The fourth-order valence-corrected chi connectivity index (χ4v) is 1.70. The first-order valence-corrected chi connectivity index (χ1v) is 5.22. The molecule has 0 atom stereocenters. The molecule has 0 spiro atoms. The normalized spacial score (nSPS) is 10.5. The average molecular weight is 231 g/mol. The molecule has 0 bridgehead atoms. The Bertz CT molecular complexity index is 587. The zero-order valence-electron chi connectivity index (χ0n) is 9.93. The Morgan fingerprint density at radius 3 is 2.53 bits per heavy atom. The molecule has 0 aromatic carbocycles. The van der Waals surface area contributed by atoms with Crippen molar-refractivity contribution in [2.75, 3.05) is 0 Å². The van der Waals surface area contributed by atoms with Gasteiger partial charge in [-0.15, -0.1) is 0 Å². The van der Waals surface area contributed by atoms with Crippen LogP contribution >= 0.6 is 0 Å². The Morgan fingerprint density at radius 1 is 1.29 bits per heavy atom. The Hall–Kier alpha value is -2.17. The van der Waals surface area contributed by atoms with Crippen LogP contribution < -0.4 is 0 Å². The molecule has 0 amide bonds. The van der Waals surface area contributed by atoms with Crippen LogP contribution in [0.25, 0.3) is 5.82 Å².